The molecular weight excluding hydrogens is 191 g/mol. The van der Waals surface area contributed by atoms with Crippen LogP contribution in [0.3, 0.4) is 0 Å². The molecule has 2 nitrogen and oxygen atoms in total. The summed E-state index contributed by atoms with van der Waals surface area (Å²) in [5.41, 5.74) is 8.03. The fourth-order valence-electron chi connectivity index (χ4n) is 2.20. The van der Waals surface area contributed by atoms with E-state index in [0.717, 1.165) is 37.2 Å². The molecule has 0 aliphatic carbocycles. The summed E-state index contributed by atoms with van der Waals surface area (Å²) in [6, 6.07) is 5.20. The molecule has 0 unspecified atom stereocenters. The molecule has 1 aromatic carbocycles. The van der Waals surface area contributed by atoms with Crippen molar-refractivity contribution in [2.75, 3.05) is 18.0 Å². The van der Waals surface area contributed by atoms with Crippen LogP contribution in [0.15, 0.2) is 18.2 Å². The lowest BCUT2D eigenvalue weighted by Crippen LogP contribution is -2.43. The lowest BCUT2D eigenvalue weighted by molar-refractivity contribution is 0.505. The molecule has 0 radical (unpaired) electrons. The van der Waals surface area contributed by atoms with Gasteiger partial charge in [0.2, 0.25) is 0 Å². The number of rotatable bonds is 1. The summed E-state index contributed by atoms with van der Waals surface area (Å²) in [5, 5.41) is 0. The molecule has 1 atom stereocenters. The normalized spacial score (nSPS) is 21.8. The Morgan fingerprint density at radius 2 is 2.27 bits per heavy atom. The van der Waals surface area contributed by atoms with E-state index in [1.54, 1.807) is 6.07 Å². The second kappa shape index (κ2) is 4.19. The standard InChI is InChI=1S/C12H17FN2/c1-9-7-10(13)4-5-12(9)15-6-2-3-11(14)8-15/h4-5,7,11H,2-3,6,8,14H2,1H3/t11-/m0/s1. The van der Waals surface area contributed by atoms with Crippen molar-refractivity contribution in [3.05, 3.63) is 29.6 Å². The molecule has 0 bridgehead atoms. The average molecular weight is 208 g/mol. The van der Waals surface area contributed by atoms with Crippen molar-refractivity contribution in [2.45, 2.75) is 25.8 Å². The lowest BCUT2D eigenvalue weighted by Gasteiger charge is -2.33. The van der Waals surface area contributed by atoms with E-state index in [0.29, 0.717) is 0 Å². The van der Waals surface area contributed by atoms with Gasteiger partial charge < -0.3 is 10.6 Å². The van der Waals surface area contributed by atoms with Gasteiger partial charge >= 0.3 is 0 Å². The Balaban J connectivity index is 2.21. The molecule has 1 fully saturated rings. The smallest absolute Gasteiger partial charge is 0.123 e. The highest BCUT2D eigenvalue weighted by Crippen LogP contribution is 2.23. The summed E-state index contributed by atoms with van der Waals surface area (Å²) in [6.07, 6.45) is 2.22. The third-order valence-electron chi connectivity index (χ3n) is 2.96. The molecule has 0 spiro atoms. The van der Waals surface area contributed by atoms with Crippen molar-refractivity contribution in [1.29, 1.82) is 0 Å². The molecule has 1 saturated heterocycles. The second-order valence-electron chi connectivity index (χ2n) is 4.28. The van der Waals surface area contributed by atoms with Crippen molar-refractivity contribution in [2.24, 2.45) is 5.73 Å². The van der Waals surface area contributed by atoms with Crippen LogP contribution in [0.2, 0.25) is 0 Å². The van der Waals surface area contributed by atoms with Gasteiger partial charge in [-0.1, -0.05) is 0 Å². The van der Waals surface area contributed by atoms with E-state index in [4.69, 9.17) is 5.73 Å². The molecule has 1 heterocycles. The number of halogens is 1. The van der Waals surface area contributed by atoms with Gasteiger partial charge in [0, 0.05) is 24.8 Å². The number of piperidine rings is 1. The summed E-state index contributed by atoms with van der Waals surface area (Å²) in [5.74, 6) is -0.169. The van der Waals surface area contributed by atoms with Crippen molar-refractivity contribution >= 4 is 5.69 Å². The molecule has 82 valence electrons. The number of aryl methyl sites for hydroxylation is 1. The minimum absolute atomic E-state index is 0.169. The molecule has 0 amide bonds. The number of anilines is 1. The van der Waals surface area contributed by atoms with E-state index >= 15 is 0 Å². The largest absolute Gasteiger partial charge is 0.370 e. The van der Waals surface area contributed by atoms with Crippen LogP contribution in [0.4, 0.5) is 10.1 Å². The van der Waals surface area contributed by atoms with Gasteiger partial charge in [-0.2, -0.15) is 0 Å². The number of hydrogen-bond acceptors (Lipinski definition) is 2. The van der Waals surface area contributed by atoms with Crippen LogP contribution in [0.5, 0.6) is 0 Å². The number of nitrogens with two attached hydrogens (primary N) is 1. The first-order valence-electron chi connectivity index (χ1n) is 5.43. The zero-order valence-electron chi connectivity index (χ0n) is 9.04. The van der Waals surface area contributed by atoms with Crippen LogP contribution in [0, 0.1) is 12.7 Å². The Labute approximate surface area is 89.9 Å². The number of hydrogen-bond donors (Lipinski definition) is 1. The topological polar surface area (TPSA) is 29.3 Å². The predicted molar refractivity (Wildman–Crippen MR) is 60.6 cm³/mol. The highest BCUT2D eigenvalue weighted by molar-refractivity contribution is 5.53. The predicted octanol–water partition coefficient (Wildman–Crippen LogP) is 2.06. The summed E-state index contributed by atoms with van der Waals surface area (Å²) in [4.78, 5) is 2.25. The number of nitrogens with zero attached hydrogens (tertiary/aromatic N) is 1. The number of benzene rings is 1. The molecule has 1 aliphatic heterocycles. The Kier molecular flexibility index (Phi) is 2.91. The minimum atomic E-state index is -0.169. The summed E-state index contributed by atoms with van der Waals surface area (Å²) >= 11 is 0. The minimum Gasteiger partial charge on any atom is -0.370 e. The third-order valence-corrected chi connectivity index (χ3v) is 2.96. The molecule has 15 heavy (non-hydrogen) atoms. The zero-order chi connectivity index (χ0) is 10.8. The average Bonchev–Trinajstić information content (AvgIpc) is 2.17. The summed E-state index contributed by atoms with van der Waals surface area (Å²) < 4.78 is 12.9. The fourth-order valence-corrected chi connectivity index (χ4v) is 2.20. The summed E-state index contributed by atoms with van der Waals surface area (Å²) in [6.45, 7) is 3.85. The lowest BCUT2D eigenvalue weighted by atomic mass is 10.0. The quantitative estimate of drug-likeness (QED) is 0.765. The van der Waals surface area contributed by atoms with Crippen LogP contribution in [0.25, 0.3) is 0 Å². The molecular formula is C12H17FN2. The molecule has 1 aromatic rings. The van der Waals surface area contributed by atoms with Gasteiger partial charge in [-0.15, -0.1) is 0 Å². The zero-order valence-corrected chi connectivity index (χ0v) is 9.04. The Morgan fingerprint density at radius 1 is 1.47 bits per heavy atom. The van der Waals surface area contributed by atoms with E-state index in [1.165, 1.54) is 6.07 Å². The van der Waals surface area contributed by atoms with Crippen LogP contribution >= 0.6 is 0 Å². The second-order valence-corrected chi connectivity index (χ2v) is 4.28. The maximum atomic E-state index is 12.9. The Morgan fingerprint density at radius 3 is 2.93 bits per heavy atom. The van der Waals surface area contributed by atoms with Gasteiger partial charge in [0.1, 0.15) is 5.82 Å². The highest BCUT2D eigenvalue weighted by atomic mass is 19.1. The maximum Gasteiger partial charge on any atom is 0.123 e. The molecule has 2 N–H and O–H groups in total. The Hall–Kier alpha value is -1.09. The molecule has 1 aliphatic rings. The van der Waals surface area contributed by atoms with Crippen molar-refractivity contribution in [3.8, 4) is 0 Å². The summed E-state index contributed by atoms with van der Waals surface area (Å²) in [7, 11) is 0. The van der Waals surface area contributed by atoms with Gasteiger partial charge in [-0.25, -0.2) is 4.39 Å². The molecule has 3 heteroatoms. The van der Waals surface area contributed by atoms with Crippen LogP contribution in [0.1, 0.15) is 18.4 Å². The highest BCUT2D eigenvalue weighted by Gasteiger charge is 2.18. The van der Waals surface area contributed by atoms with Gasteiger partial charge in [0.05, 0.1) is 0 Å². The fraction of sp³-hybridized carbons (Fsp3) is 0.500. The van der Waals surface area contributed by atoms with E-state index in [1.807, 2.05) is 13.0 Å². The van der Waals surface area contributed by atoms with Gasteiger partial charge in [0.15, 0.2) is 0 Å². The maximum absolute atomic E-state index is 12.9. The molecule has 0 aromatic heterocycles. The first-order chi connectivity index (χ1) is 7.16. The van der Waals surface area contributed by atoms with Gasteiger partial charge in [0.25, 0.3) is 0 Å². The van der Waals surface area contributed by atoms with Crippen LogP contribution in [-0.4, -0.2) is 19.1 Å². The third kappa shape index (κ3) is 2.29. The van der Waals surface area contributed by atoms with E-state index in [2.05, 4.69) is 4.90 Å². The van der Waals surface area contributed by atoms with Gasteiger partial charge in [-0.3, -0.25) is 0 Å². The van der Waals surface area contributed by atoms with E-state index in [-0.39, 0.29) is 11.9 Å². The van der Waals surface area contributed by atoms with E-state index in [9.17, 15) is 4.39 Å². The monoisotopic (exact) mass is 208 g/mol. The van der Waals surface area contributed by atoms with Crippen molar-refractivity contribution in [3.63, 3.8) is 0 Å². The van der Waals surface area contributed by atoms with Crippen molar-refractivity contribution in [1.82, 2.24) is 0 Å². The van der Waals surface area contributed by atoms with Crippen LogP contribution < -0.4 is 10.6 Å². The van der Waals surface area contributed by atoms with Gasteiger partial charge in [-0.05, 0) is 43.5 Å². The molecule has 0 saturated carbocycles. The Bertz CT molecular complexity index is 351. The van der Waals surface area contributed by atoms with Crippen LogP contribution in [-0.2, 0) is 0 Å². The first-order valence-corrected chi connectivity index (χ1v) is 5.43. The first kappa shape index (κ1) is 10.4. The van der Waals surface area contributed by atoms with Crippen molar-refractivity contribution < 1.29 is 4.39 Å². The molecule has 2 rings (SSSR count). The SMILES string of the molecule is Cc1cc(F)ccc1N1CCC[C@H](N)C1. The van der Waals surface area contributed by atoms with E-state index < -0.39 is 0 Å².